The topological polar surface area (TPSA) is 127 Å². The van der Waals surface area contributed by atoms with Crippen molar-refractivity contribution in [1.82, 2.24) is 24.0 Å². The van der Waals surface area contributed by atoms with Crippen molar-refractivity contribution in [3.8, 4) is 22.9 Å². The van der Waals surface area contributed by atoms with Crippen LogP contribution in [0, 0.1) is 12.3 Å². The van der Waals surface area contributed by atoms with Crippen LogP contribution in [0.25, 0.3) is 11.3 Å². The van der Waals surface area contributed by atoms with Gasteiger partial charge in [-0.25, -0.2) is 9.97 Å². The minimum atomic E-state index is -4.57. The number of nitrogens with zero attached hydrogens (tertiary/aromatic N) is 7. The van der Waals surface area contributed by atoms with E-state index in [4.69, 9.17) is 9.47 Å². The van der Waals surface area contributed by atoms with E-state index < -0.39 is 23.7 Å². The van der Waals surface area contributed by atoms with E-state index >= 15 is 0 Å². The van der Waals surface area contributed by atoms with E-state index in [9.17, 15) is 27.6 Å². The summed E-state index contributed by atoms with van der Waals surface area (Å²) < 4.78 is 59.1. The van der Waals surface area contributed by atoms with Gasteiger partial charge in [-0.15, -0.1) is 0 Å². The molecule has 306 valence electrons. The molecular formula is C42H47F3N8O5. The highest BCUT2D eigenvalue weighted by atomic mass is 19.4. The minimum absolute atomic E-state index is 0.00114. The molecule has 3 aliphatic heterocycles. The first-order chi connectivity index (χ1) is 27.6. The third-order valence-corrected chi connectivity index (χ3v) is 11.8. The number of pyridine rings is 1. The Balaban J connectivity index is 1.08. The number of aryl methyl sites for hydroxylation is 1. The normalized spacial score (nSPS) is 19.8. The van der Waals surface area contributed by atoms with Crippen molar-refractivity contribution < 1.29 is 32.2 Å². The van der Waals surface area contributed by atoms with Gasteiger partial charge in [-0.05, 0) is 73.9 Å². The van der Waals surface area contributed by atoms with Gasteiger partial charge >= 0.3 is 11.7 Å². The van der Waals surface area contributed by atoms with Gasteiger partial charge < -0.3 is 28.8 Å². The fourth-order valence-electron chi connectivity index (χ4n) is 8.94. The zero-order chi connectivity index (χ0) is 41.1. The predicted molar refractivity (Wildman–Crippen MR) is 213 cm³/mol. The lowest BCUT2D eigenvalue weighted by atomic mass is 9.90. The van der Waals surface area contributed by atoms with E-state index in [0.717, 1.165) is 18.9 Å². The number of carbonyl (C=O) groups excluding carboxylic acids is 2. The average Bonchev–Trinajstić information content (AvgIpc) is 3.69. The molecule has 8 rings (SSSR count). The number of halogens is 3. The summed E-state index contributed by atoms with van der Waals surface area (Å²) in [6.07, 6.45) is 2.80. The zero-order valence-corrected chi connectivity index (χ0v) is 33.1. The number of amides is 2. The molecule has 13 nitrogen and oxygen atoms in total. The molecule has 2 saturated heterocycles. The molecule has 2 amide bonds. The molecule has 1 aromatic carbocycles. The first kappa shape index (κ1) is 39.4. The highest BCUT2D eigenvalue weighted by molar-refractivity contribution is 6.06. The van der Waals surface area contributed by atoms with Gasteiger partial charge in [0, 0.05) is 94.3 Å². The first-order valence-corrected chi connectivity index (χ1v) is 19.6. The minimum Gasteiger partial charge on any atom is -0.435 e. The molecule has 0 spiro atoms. The Kier molecular flexibility index (Phi) is 10.2. The van der Waals surface area contributed by atoms with Crippen LogP contribution in [0.2, 0.25) is 0 Å². The Labute approximate surface area is 334 Å². The molecule has 6 heterocycles. The smallest absolute Gasteiger partial charge is 0.409 e. The van der Waals surface area contributed by atoms with Gasteiger partial charge in [0.1, 0.15) is 23.3 Å². The number of carbonyl (C=O) groups is 2. The number of rotatable bonds is 8. The SMILES string of the molecule is C=CC(=O)Nc1cc(Oc2nc(-c3ccnc(N4CCn5c(cc6c5CC(C)(C)C6)C4=O)c3C)cn(C)c2=O)ccc1N1CCN(C2CCOCC2)C[C@H]1C(F)(F)F. The summed E-state index contributed by atoms with van der Waals surface area (Å²) in [6.45, 7) is 12.2. The van der Waals surface area contributed by atoms with E-state index in [1.54, 1.807) is 30.4 Å². The molecule has 4 aliphatic rings. The van der Waals surface area contributed by atoms with E-state index in [0.29, 0.717) is 74.0 Å². The van der Waals surface area contributed by atoms with Gasteiger partial charge in [-0.3, -0.25) is 24.2 Å². The Morgan fingerprint density at radius 1 is 1.07 bits per heavy atom. The van der Waals surface area contributed by atoms with Crippen LogP contribution in [0.5, 0.6) is 11.6 Å². The van der Waals surface area contributed by atoms with Crippen LogP contribution < -0.4 is 25.4 Å². The molecule has 0 bridgehead atoms. The Bertz CT molecular complexity index is 2350. The molecule has 2 fully saturated rings. The van der Waals surface area contributed by atoms with Gasteiger partial charge in [0.25, 0.3) is 11.8 Å². The van der Waals surface area contributed by atoms with Crippen LogP contribution in [0.15, 0.2) is 60.2 Å². The molecule has 58 heavy (non-hydrogen) atoms. The zero-order valence-electron chi connectivity index (χ0n) is 33.1. The van der Waals surface area contributed by atoms with Crippen LogP contribution in [-0.2, 0) is 36.0 Å². The number of hydrogen-bond acceptors (Lipinski definition) is 9. The summed E-state index contributed by atoms with van der Waals surface area (Å²) >= 11 is 0. The van der Waals surface area contributed by atoms with E-state index in [1.165, 1.54) is 38.9 Å². The lowest BCUT2D eigenvalue weighted by molar-refractivity contribution is -0.159. The van der Waals surface area contributed by atoms with E-state index in [1.807, 2.05) is 17.9 Å². The largest absolute Gasteiger partial charge is 0.435 e. The molecule has 1 aliphatic carbocycles. The Morgan fingerprint density at radius 3 is 2.59 bits per heavy atom. The molecule has 16 heteroatoms. The van der Waals surface area contributed by atoms with Crippen molar-refractivity contribution in [3.05, 3.63) is 88.2 Å². The second kappa shape index (κ2) is 15.0. The van der Waals surface area contributed by atoms with Gasteiger partial charge in [0.05, 0.1) is 17.1 Å². The third kappa shape index (κ3) is 7.39. The van der Waals surface area contributed by atoms with Crippen molar-refractivity contribution >= 4 is 29.0 Å². The highest BCUT2D eigenvalue weighted by Gasteiger charge is 2.48. The van der Waals surface area contributed by atoms with Crippen molar-refractivity contribution in [2.75, 3.05) is 54.5 Å². The van der Waals surface area contributed by atoms with Crippen LogP contribution in [0.1, 0.15) is 54.0 Å². The van der Waals surface area contributed by atoms with E-state index in [2.05, 4.69) is 40.3 Å². The van der Waals surface area contributed by atoms with Crippen molar-refractivity contribution in [2.45, 2.75) is 71.3 Å². The van der Waals surface area contributed by atoms with Crippen LogP contribution in [0.3, 0.4) is 0 Å². The predicted octanol–water partition coefficient (Wildman–Crippen LogP) is 5.89. The molecule has 3 aromatic heterocycles. The van der Waals surface area contributed by atoms with Crippen LogP contribution in [0.4, 0.5) is 30.4 Å². The first-order valence-electron chi connectivity index (χ1n) is 19.6. The van der Waals surface area contributed by atoms with Gasteiger partial charge in [-0.2, -0.15) is 13.2 Å². The molecule has 1 atom stereocenters. The maximum absolute atomic E-state index is 14.7. The summed E-state index contributed by atoms with van der Waals surface area (Å²) in [5, 5.41) is 2.64. The summed E-state index contributed by atoms with van der Waals surface area (Å²) in [5.74, 6) is -0.504. The third-order valence-electron chi connectivity index (χ3n) is 11.8. The second-order valence-electron chi connectivity index (χ2n) is 16.3. The molecule has 0 unspecified atom stereocenters. The number of aromatic nitrogens is 4. The van der Waals surface area contributed by atoms with Crippen molar-refractivity contribution in [3.63, 3.8) is 0 Å². The van der Waals surface area contributed by atoms with Crippen LogP contribution in [-0.4, -0.2) is 93.5 Å². The summed E-state index contributed by atoms with van der Waals surface area (Å²) in [5.41, 5.74) is 4.58. The van der Waals surface area contributed by atoms with Gasteiger partial charge in [0.15, 0.2) is 0 Å². The van der Waals surface area contributed by atoms with E-state index in [-0.39, 0.29) is 53.5 Å². The lowest BCUT2D eigenvalue weighted by Crippen LogP contribution is -2.61. The van der Waals surface area contributed by atoms with Crippen LogP contribution >= 0.6 is 0 Å². The summed E-state index contributed by atoms with van der Waals surface area (Å²) in [7, 11) is 1.55. The molecular weight excluding hydrogens is 754 g/mol. The highest BCUT2D eigenvalue weighted by Crippen LogP contribution is 2.41. The number of ether oxygens (including phenoxy) is 2. The number of nitrogens with one attached hydrogen (secondary N) is 1. The van der Waals surface area contributed by atoms with Crippen molar-refractivity contribution in [2.24, 2.45) is 12.5 Å². The number of piperazine rings is 1. The quantitative estimate of drug-likeness (QED) is 0.217. The maximum Gasteiger partial charge on any atom is 0.409 e. The van der Waals surface area contributed by atoms with Gasteiger partial charge in [0.2, 0.25) is 5.91 Å². The number of fused-ring (bicyclic) bond motifs is 3. The second-order valence-corrected chi connectivity index (χ2v) is 16.3. The number of alkyl halides is 3. The Morgan fingerprint density at radius 2 is 1.84 bits per heavy atom. The fourth-order valence-corrected chi connectivity index (χ4v) is 8.94. The molecule has 0 saturated carbocycles. The van der Waals surface area contributed by atoms with Gasteiger partial charge in [-0.1, -0.05) is 20.4 Å². The molecule has 4 aromatic rings. The average molecular weight is 801 g/mol. The standard InChI is InChI=1S/C42H47F3N8O5/c1-6-36(54)47-30-20-28(7-8-32(30)52-14-13-50(24-35(52)42(43,44)45)27-10-17-57-18-11-27)58-38-40(56)49(5)23-31(48-38)29-9-12-46-37(25(29)2)53-16-15-51-33(39(53)55)19-26-21-41(3,4)22-34(26)51/h6-9,12,19-20,23,27,35H,1,10-11,13-18,21-22,24H2,2-5H3,(H,47,54)/t35-/m0/s1. The lowest BCUT2D eigenvalue weighted by Gasteiger charge is -2.47. The summed E-state index contributed by atoms with van der Waals surface area (Å²) in [4.78, 5) is 54.0. The number of anilines is 3. The number of benzene rings is 1. The molecule has 1 N–H and O–H groups in total. The van der Waals surface area contributed by atoms with Crippen molar-refractivity contribution in [1.29, 1.82) is 0 Å². The fraction of sp³-hybridized carbons (Fsp3) is 0.452. The maximum atomic E-state index is 14.7. The molecule has 0 radical (unpaired) electrons. The summed E-state index contributed by atoms with van der Waals surface area (Å²) in [6, 6.07) is 6.21. The number of hydrogen-bond donors (Lipinski definition) is 1. The Hall–Kier alpha value is -5.48. The monoisotopic (exact) mass is 800 g/mol.